The summed E-state index contributed by atoms with van der Waals surface area (Å²) in [5, 5.41) is 8.87. The van der Waals surface area contributed by atoms with Gasteiger partial charge in [0.2, 0.25) is 0 Å². The molecule has 16 heavy (non-hydrogen) atoms. The summed E-state index contributed by atoms with van der Waals surface area (Å²) < 4.78 is 13.5. The fraction of sp³-hybridized carbons (Fsp3) is 0.154. The molecule has 82 valence electrons. The molecule has 0 saturated carbocycles. The number of benzene rings is 1. The topological polar surface area (TPSA) is 33.1 Å². The third kappa shape index (κ3) is 2.09. The zero-order valence-electron chi connectivity index (χ0n) is 8.94. The smallest absolute Gasteiger partial charge is 0.129 e. The highest BCUT2D eigenvalue weighted by molar-refractivity contribution is 5.63. The minimum atomic E-state index is -0.387. The van der Waals surface area contributed by atoms with Gasteiger partial charge in [0.1, 0.15) is 5.82 Å². The number of aryl methyl sites for hydroxylation is 1. The summed E-state index contributed by atoms with van der Waals surface area (Å²) in [7, 11) is 0. The molecule has 0 spiro atoms. The summed E-state index contributed by atoms with van der Waals surface area (Å²) in [5.41, 5.74) is 2.99. The lowest BCUT2D eigenvalue weighted by Crippen LogP contribution is -1.90. The molecule has 1 heterocycles. The summed E-state index contributed by atoms with van der Waals surface area (Å²) in [6.45, 7) is 1.66. The molecule has 0 aliphatic carbocycles. The second-order valence-electron chi connectivity index (χ2n) is 3.72. The Morgan fingerprint density at radius 2 is 2.00 bits per heavy atom. The summed E-state index contributed by atoms with van der Waals surface area (Å²) in [5.74, 6) is -0.387. The Labute approximate surface area is 93.4 Å². The van der Waals surface area contributed by atoms with Gasteiger partial charge in [-0.25, -0.2) is 4.39 Å². The van der Waals surface area contributed by atoms with Crippen LogP contribution < -0.4 is 0 Å². The van der Waals surface area contributed by atoms with Crippen molar-refractivity contribution < 1.29 is 9.50 Å². The molecule has 2 nitrogen and oxygen atoms in total. The van der Waals surface area contributed by atoms with Gasteiger partial charge in [0.15, 0.2) is 0 Å². The van der Waals surface area contributed by atoms with E-state index in [1.165, 1.54) is 6.07 Å². The number of halogens is 1. The van der Waals surface area contributed by atoms with Gasteiger partial charge >= 0.3 is 0 Å². The molecule has 0 unspecified atom stereocenters. The van der Waals surface area contributed by atoms with E-state index in [-0.39, 0.29) is 12.4 Å². The van der Waals surface area contributed by atoms with Crippen molar-refractivity contribution in [1.82, 2.24) is 4.98 Å². The molecule has 1 N–H and O–H groups in total. The van der Waals surface area contributed by atoms with Gasteiger partial charge in [0, 0.05) is 23.5 Å². The van der Waals surface area contributed by atoms with Crippen molar-refractivity contribution in [3.63, 3.8) is 0 Å². The summed E-state index contributed by atoms with van der Waals surface area (Å²) in [6, 6.07) is 6.74. The standard InChI is InChI=1S/C13H12FNO/c1-9-4-12(7-15-6-9)10-2-3-11(8-16)13(14)5-10/h2-7,16H,8H2,1H3. The average molecular weight is 217 g/mol. The van der Waals surface area contributed by atoms with Crippen LogP contribution in [-0.2, 0) is 6.61 Å². The Balaban J connectivity index is 2.45. The van der Waals surface area contributed by atoms with Crippen LogP contribution in [-0.4, -0.2) is 10.1 Å². The SMILES string of the molecule is Cc1cncc(-c2ccc(CO)c(F)c2)c1. The van der Waals surface area contributed by atoms with Crippen LogP contribution >= 0.6 is 0 Å². The number of aliphatic hydroxyl groups is 1. The van der Waals surface area contributed by atoms with Crippen molar-refractivity contribution in [3.8, 4) is 11.1 Å². The van der Waals surface area contributed by atoms with E-state index in [0.29, 0.717) is 5.56 Å². The Kier molecular flexibility index (Phi) is 2.97. The fourth-order valence-corrected chi connectivity index (χ4v) is 1.57. The first kappa shape index (κ1) is 10.8. The molecular formula is C13H12FNO. The Morgan fingerprint density at radius 1 is 1.19 bits per heavy atom. The average Bonchev–Trinajstić information content (AvgIpc) is 2.29. The van der Waals surface area contributed by atoms with Crippen LogP contribution in [0, 0.1) is 12.7 Å². The number of aromatic nitrogens is 1. The van der Waals surface area contributed by atoms with Crippen LogP contribution in [0.5, 0.6) is 0 Å². The van der Waals surface area contributed by atoms with Gasteiger partial charge in [-0.05, 0) is 30.2 Å². The van der Waals surface area contributed by atoms with E-state index in [1.807, 2.05) is 13.0 Å². The molecule has 0 amide bonds. The lowest BCUT2D eigenvalue weighted by Gasteiger charge is -2.04. The third-order valence-electron chi connectivity index (χ3n) is 2.43. The highest BCUT2D eigenvalue weighted by Crippen LogP contribution is 2.21. The molecule has 0 atom stereocenters. The van der Waals surface area contributed by atoms with E-state index in [0.717, 1.165) is 16.7 Å². The number of hydrogen-bond acceptors (Lipinski definition) is 2. The van der Waals surface area contributed by atoms with Crippen molar-refractivity contribution in [2.45, 2.75) is 13.5 Å². The van der Waals surface area contributed by atoms with Gasteiger partial charge in [-0.1, -0.05) is 12.1 Å². The normalized spacial score (nSPS) is 10.4. The summed E-state index contributed by atoms with van der Waals surface area (Å²) in [6.07, 6.45) is 3.45. The molecule has 2 rings (SSSR count). The van der Waals surface area contributed by atoms with Crippen molar-refractivity contribution in [1.29, 1.82) is 0 Å². The lowest BCUT2D eigenvalue weighted by molar-refractivity contribution is 0.276. The Morgan fingerprint density at radius 3 is 2.62 bits per heavy atom. The van der Waals surface area contributed by atoms with E-state index in [9.17, 15) is 4.39 Å². The molecule has 1 aromatic carbocycles. The van der Waals surface area contributed by atoms with E-state index in [1.54, 1.807) is 24.5 Å². The molecule has 0 bridgehead atoms. The second-order valence-corrected chi connectivity index (χ2v) is 3.72. The Hall–Kier alpha value is -1.74. The first-order valence-electron chi connectivity index (χ1n) is 5.02. The third-order valence-corrected chi connectivity index (χ3v) is 2.43. The van der Waals surface area contributed by atoms with Crippen molar-refractivity contribution in [2.75, 3.05) is 0 Å². The molecule has 0 saturated heterocycles. The lowest BCUT2D eigenvalue weighted by atomic mass is 10.0. The molecule has 0 aliphatic heterocycles. The van der Waals surface area contributed by atoms with E-state index in [4.69, 9.17) is 5.11 Å². The van der Waals surface area contributed by atoms with Crippen molar-refractivity contribution in [3.05, 3.63) is 53.6 Å². The molecule has 3 heteroatoms. The predicted octanol–water partition coefficient (Wildman–Crippen LogP) is 2.69. The molecule has 1 aromatic heterocycles. The van der Waals surface area contributed by atoms with Gasteiger partial charge in [0.25, 0.3) is 0 Å². The number of rotatable bonds is 2. The van der Waals surface area contributed by atoms with E-state index in [2.05, 4.69) is 4.98 Å². The molecule has 0 radical (unpaired) electrons. The zero-order valence-corrected chi connectivity index (χ0v) is 8.94. The first-order valence-corrected chi connectivity index (χ1v) is 5.02. The van der Waals surface area contributed by atoms with Gasteiger partial charge in [-0.3, -0.25) is 4.98 Å². The zero-order chi connectivity index (χ0) is 11.5. The quantitative estimate of drug-likeness (QED) is 0.839. The highest BCUT2D eigenvalue weighted by Gasteiger charge is 2.04. The fourth-order valence-electron chi connectivity index (χ4n) is 1.57. The van der Waals surface area contributed by atoms with Crippen LogP contribution in [0.1, 0.15) is 11.1 Å². The molecular weight excluding hydrogens is 205 g/mol. The van der Waals surface area contributed by atoms with Crippen LogP contribution in [0.15, 0.2) is 36.7 Å². The minimum absolute atomic E-state index is 0.280. The van der Waals surface area contributed by atoms with Crippen molar-refractivity contribution in [2.24, 2.45) is 0 Å². The predicted molar refractivity (Wildman–Crippen MR) is 60.3 cm³/mol. The van der Waals surface area contributed by atoms with Crippen LogP contribution in [0.3, 0.4) is 0 Å². The van der Waals surface area contributed by atoms with E-state index >= 15 is 0 Å². The minimum Gasteiger partial charge on any atom is -0.392 e. The van der Waals surface area contributed by atoms with Gasteiger partial charge in [-0.15, -0.1) is 0 Å². The Bertz CT molecular complexity index is 511. The summed E-state index contributed by atoms with van der Waals surface area (Å²) >= 11 is 0. The maximum Gasteiger partial charge on any atom is 0.129 e. The molecule has 0 aliphatic rings. The first-order chi connectivity index (χ1) is 7.70. The largest absolute Gasteiger partial charge is 0.392 e. The van der Waals surface area contributed by atoms with Gasteiger partial charge in [-0.2, -0.15) is 0 Å². The maximum atomic E-state index is 13.5. The number of hydrogen-bond donors (Lipinski definition) is 1. The maximum absolute atomic E-state index is 13.5. The molecule has 2 aromatic rings. The highest BCUT2D eigenvalue weighted by atomic mass is 19.1. The van der Waals surface area contributed by atoms with Crippen LogP contribution in [0.25, 0.3) is 11.1 Å². The van der Waals surface area contributed by atoms with Gasteiger partial charge < -0.3 is 5.11 Å². The van der Waals surface area contributed by atoms with Crippen LogP contribution in [0.4, 0.5) is 4.39 Å². The number of pyridine rings is 1. The van der Waals surface area contributed by atoms with E-state index < -0.39 is 0 Å². The monoisotopic (exact) mass is 217 g/mol. The van der Waals surface area contributed by atoms with Crippen molar-refractivity contribution >= 4 is 0 Å². The second kappa shape index (κ2) is 4.41. The number of nitrogens with zero attached hydrogens (tertiary/aromatic N) is 1. The van der Waals surface area contributed by atoms with Gasteiger partial charge in [0.05, 0.1) is 6.61 Å². The van der Waals surface area contributed by atoms with Crippen LogP contribution in [0.2, 0.25) is 0 Å². The molecule has 0 fully saturated rings. The summed E-state index contributed by atoms with van der Waals surface area (Å²) in [4.78, 5) is 4.06. The number of aliphatic hydroxyl groups excluding tert-OH is 1.